The number of esters is 1. The molecule has 2 N–H and O–H groups in total. The van der Waals surface area contributed by atoms with Crippen LogP contribution >= 0.6 is 0 Å². The Labute approximate surface area is 99.2 Å². The number of hydrogen-bond acceptors (Lipinski definition) is 5. The van der Waals surface area contributed by atoms with Crippen LogP contribution in [0.15, 0.2) is 0 Å². The first kappa shape index (κ1) is 13.9. The number of carboxylic acids is 1. The Morgan fingerprint density at radius 3 is 2.41 bits per heavy atom. The molecule has 0 aromatic rings. The molecule has 0 aromatic heterocycles. The number of ether oxygens (including phenoxy) is 1. The summed E-state index contributed by atoms with van der Waals surface area (Å²) in [6, 6.07) is 0. The van der Waals surface area contributed by atoms with Gasteiger partial charge in [-0.25, -0.2) is 13.1 Å². The van der Waals surface area contributed by atoms with Gasteiger partial charge >= 0.3 is 11.9 Å². The fourth-order valence-corrected chi connectivity index (χ4v) is 3.03. The van der Waals surface area contributed by atoms with Gasteiger partial charge in [-0.05, 0) is 19.8 Å². The molecule has 1 saturated carbocycles. The van der Waals surface area contributed by atoms with Gasteiger partial charge in [0.25, 0.3) is 0 Å². The molecule has 7 nitrogen and oxygen atoms in total. The molecule has 17 heavy (non-hydrogen) atoms. The minimum Gasteiger partial charge on any atom is -0.480 e. The van der Waals surface area contributed by atoms with Crippen molar-refractivity contribution in [1.29, 1.82) is 0 Å². The third-order valence-corrected chi connectivity index (χ3v) is 4.78. The zero-order chi connectivity index (χ0) is 13.1. The van der Waals surface area contributed by atoms with E-state index in [1.807, 2.05) is 4.72 Å². The van der Waals surface area contributed by atoms with Crippen molar-refractivity contribution in [1.82, 2.24) is 4.72 Å². The lowest BCUT2D eigenvalue weighted by Crippen LogP contribution is -2.40. The van der Waals surface area contributed by atoms with E-state index in [0.717, 1.165) is 0 Å². The summed E-state index contributed by atoms with van der Waals surface area (Å²) < 4.78 is 29.0. The van der Waals surface area contributed by atoms with Crippen molar-refractivity contribution in [3.63, 3.8) is 0 Å². The average Bonchev–Trinajstić information content (AvgIpc) is 2.96. The predicted molar refractivity (Wildman–Crippen MR) is 57.8 cm³/mol. The first-order chi connectivity index (χ1) is 7.83. The molecule has 0 heterocycles. The lowest BCUT2D eigenvalue weighted by Gasteiger charge is -2.15. The van der Waals surface area contributed by atoms with Gasteiger partial charge in [0.1, 0.15) is 6.54 Å². The van der Waals surface area contributed by atoms with Gasteiger partial charge in [0.2, 0.25) is 10.0 Å². The molecule has 0 bridgehead atoms. The van der Waals surface area contributed by atoms with Crippen LogP contribution in [0.25, 0.3) is 0 Å². The first-order valence-electron chi connectivity index (χ1n) is 5.19. The summed E-state index contributed by atoms with van der Waals surface area (Å²) in [5, 5.41) is 8.41. The van der Waals surface area contributed by atoms with E-state index in [-0.39, 0.29) is 13.0 Å². The van der Waals surface area contributed by atoms with Crippen molar-refractivity contribution >= 4 is 22.0 Å². The van der Waals surface area contributed by atoms with Gasteiger partial charge in [0, 0.05) is 0 Å². The predicted octanol–water partition coefficient (Wildman–Crippen LogP) is -0.524. The Morgan fingerprint density at radius 2 is 2.00 bits per heavy atom. The third kappa shape index (κ3) is 3.40. The summed E-state index contributed by atoms with van der Waals surface area (Å²) >= 11 is 0. The van der Waals surface area contributed by atoms with E-state index in [1.54, 1.807) is 6.92 Å². The van der Waals surface area contributed by atoms with Gasteiger partial charge in [0.05, 0.1) is 17.8 Å². The maximum Gasteiger partial charge on any atom is 0.318 e. The summed E-state index contributed by atoms with van der Waals surface area (Å²) in [6.45, 7) is 1.15. The molecule has 0 amide bonds. The Balaban J connectivity index is 2.64. The van der Waals surface area contributed by atoms with Crippen molar-refractivity contribution in [3.05, 3.63) is 0 Å². The quantitative estimate of drug-likeness (QED) is 0.599. The van der Waals surface area contributed by atoms with Crippen LogP contribution < -0.4 is 4.72 Å². The van der Waals surface area contributed by atoms with Gasteiger partial charge in [0.15, 0.2) is 0 Å². The highest BCUT2D eigenvalue weighted by atomic mass is 32.2. The molecule has 1 rings (SSSR count). The zero-order valence-electron chi connectivity index (χ0n) is 9.43. The van der Waals surface area contributed by atoms with Crippen LogP contribution in [-0.4, -0.2) is 43.4 Å². The SMILES string of the molecule is CCOC(=O)CC1(S(=O)(=O)NCC(=O)O)CC1. The third-order valence-electron chi connectivity index (χ3n) is 2.56. The van der Waals surface area contributed by atoms with Crippen LogP contribution in [0.2, 0.25) is 0 Å². The van der Waals surface area contributed by atoms with E-state index in [2.05, 4.69) is 0 Å². The topological polar surface area (TPSA) is 110 Å². The molecule has 0 radical (unpaired) electrons. The van der Waals surface area contributed by atoms with Crippen molar-refractivity contribution < 1.29 is 27.9 Å². The Kier molecular flexibility index (Phi) is 4.10. The van der Waals surface area contributed by atoms with Crippen LogP contribution in [0.4, 0.5) is 0 Å². The van der Waals surface area contributed by atoms with Gasteiger partial charge in [-0.2, -0.15) is 0 Å². The summed E-state index contributed by atoms with van der Waals surface area (Å²) in [6.07, 6.45) is 0.470. The Bertz CT molecular complexity index is 411. The summed E-state index contributed by atoms with van der Waals surface area (Å²) in [4.78, 5) is 21.6. The molecule has 1 aliphatic rings. The number of nitrogens with one attached hydrogen (secondary N) is 1. The van der Waals surface area contributed by atoms with E-state index in [0.29, 0.717) is 12.8 Å². The normalized spacial score (nSPS) is 17.5. The zero-order valence-corrected chi connectivity index (χ0v) is 10.2. The molecular formula is C9H15NO6S. The minimum absolute atomic E-state index is 0.192. The maximum absolute atomic E-state index is 11.8. The largest absolute Gasteiger partial charge is 0.480 e. The summed E-state index contributed by atoms with van der Waals surface area (Å²) in [7, 11) is -3.79. The highest BCUT2D eigenvalue weighted by Crippen LogP contribution is 2.46. The molecule has 0 aliphatic heterocycles. The number of hydrogen-bond donors (Lipinski definition) is 2. The molecule has 0 atom stereocenters. The van der Waals surface area contributed by atoms with Crippen molar-refractivity contribution in [2.75, 3.05) is 13.2 Å². The molecule has 0 spiro atoms. The molecular weight excluding hydrogens is 250 g/mol. The number of carboxylic acid groups (broad SMARTS) is 1. The molecule has 1 fully saturated rings. The molecule has 0 aromatic carbocycles. The average molecular weight is 265 g/mol. The van der Waals surface area contributed by atoms with Crippen LogP contribution in [0.3, 0.4) is 0 Å². The molecule has 8 heteroatoms. The van der Waals surface area contributed by atoms with Crippen LogP contribution in [-0.2, 0) is 24.3 Å². The molecule has 0 unspecified atom stereocenters. The fourth-order valence-electron chi connectivity index (χ4n) is 1.46. The minimum atomic E-state index is -3.79. The van der Waals surface area contributed by atoms with Gasteiger partial charge in [-0.1, -0.05) is 0 Å². The second kappa shape index (κ2) is 5.01. The van der Waals surface area contributed by atoms with Gasteiger partial charge in [-0.3, -0.25) is 9.59 Å². The fraction of sp³-hybridized carbons (Fsp3) is 0.778. The highest BCUT2D eigenvalue weighted by molar-refractivity contribution is 7.91. The lowest BCUT2D eigenvalue weighted by atomic mass is 10.3. The van der Waals surface area contributed by atoms with E-state index in [1.165, 1.54) is 0 Å². The van der Waals surface area contributed by atoms with E-state index >= 15 is 0 Å². The first-order valence-corrected chi connectivity index (χ1v) is 6.68. The van der Waals surface area contributed by atoms with Gasteiger partial charge < -0.3 is 9.84 Å². The number of sulfonamides is 1. The Morgan fingerprint density at radius 1 is 1.41 bits per heavy atom. The van der Waals surface area contributed by atoms with Crippen LogP contribution in [0, 0.1) is 0 Å². The molecule has 98 valence electrons. The van der Waals surface area contributed by atoms with Gasteiger partial charge in [-0.15, -0.1) is 0 Å². The second-order valence-corrected chi connectivity index (χ2v) is 6.04. The highest BCUT2D eigenvalue weighted by Gasteiger charge is 2.56. The van der Waals surface area contributed by atoms with Crippen molar-refractivity contribution in [2.45, 2.75) is 30.9 Å². The van der Waals surface area contributed by atoms with Crippen molar-refractivity contribution in [2.24, 2.45) is 0 Å². The van der Waals surface area contributed by atoms with E-state index in [4.69, 9.17) is 9.84 Å². The number of aliphatic carboxylic acids is 1. The van der Waals surface area contributed by atoms with E-state index < -0.39 is 33.3 Å². The van der Waals surface area contributed by atoms with E-state index in [9.17, 15) is 18.0 Å². The summed E-state index contributed by atoms with van der Waals surface area (Å²) in [5.74, 6) is -1.84. The van der Waals surface area contributed by atoms with Crippen LogP contribution in [0.1, 0.15) is 26.2 Å². The summed E-state index contributed by atoms with van der Waals surface area (Å²) in [5.41, 5.74) is 0. The van der Waals surface area contributed by atoms with Crippen LogP contribution in [0.5, 0.6) is 0 Å². The number of rotatable bonds is 7. The number of carbonyl (C=O) groups excluding carboxylic acids is 1. The van der Waals surface area contributed by atoms with Crippen molar-refractivity contribution in [3.8, 4) is 0 Å². The lowest BCUT2D eigenvalue weighted by molar-refractivity contribution is -0.143. The molecule has 0 saturated heterocycles. The smallest absolute Gasteiger partial charge is 0.318 e. The maximum atomic E-state index is 11.8. The second-order valence-electron chi connectivity index (χ2n) is 3.88. The Hall–Kier alpha value is -1.15. The number of carbonyl (C=O) groups is 2. The standard InChI is InChI=1S/C9H15NO6S/c1-2-16-8(13)5-9(3-4-9)17(14,15)10-6-7(11)12/h10H,2-6H2,1H3,(H,11,12). The molecule has 1 aliphatic carbocycles. The monoisotopic (exact) mass is 265 g/mol.